The lowest BCUT2D eigenvalue weighted by Crippen LogP contribution is -1.27. The van der Waals surface area contributed by atoms with Crippen LogP contribution in [0, 0.1) is 0 Å². The number of aliphatic imine (C=N–C) groups is 1. The van der Waals surface area contributed by atoms with Crippen molar-refractivity contribution in [3.05, 3.63) is 0 Å². The van der Waals surface area contributed by atoms with Crippen molar-refractivity contribution in [1.82, 2.24) is 0 Å². The van der Waals surface area contributed by atoms with Crippen molar-refractivity contribution >= 4 is 6.72 Å². The Morgan fingerprint density at radius 2 is 1.00 bits per heavy atom. The Hall–Kier alpha value is -0.330. The number of rotatable bonds is 0. The van der Waals surface area contributed by atoms with Gasteiger partial charge in [-0.1, -0.05) is 48.0 Å². The van der Waals surface area contributed by atoms with Crippen LogP contribution in [0.2, 0.25) is 0 Å². The van der Waals surface area contributed by atoms with Crippen LogP contribution < -0.4 is 0 Å². The van der Waals surface area contributed by atoms with E-state index >= 15 is 0 Å². The highest BCUT2D eigenvalue weighted by Crippen LogP contribution is 1.56. The van der Waals surface area contributed by atoms with Gasteiger partial charge in [-0.2, -0.15) is 0 Å². The maximum atomic E-state index is 3.25. The molecule has 0 aromatic carbocycles. The smallest absolute Gasteiger partial charge is 0.0269 e. The summed E-state index contributed by atoms with van der Waals surface area (Å²) in [6.07, 6.45) is 1.25. The van der Waals surface area contributed by atoms with Crippen molar-refractivity contribution in [1.29, 1.82) is 0 Å². The molecule has 0 saturated carbocycles. The van der Waals surface area contributed by atoms with Gasteiger partial charge in [-0.3, -0.25) is 0 Å². The third kappa shape index (κ3) is 3130. The van der Waals surface area contributed by atoms with Crippen LogP contribution in [-0.4, -0.2) is 13.8 Å². The molecular formula is C9H25N. The van der Waals surface area contributed by atoms with Gasteiger partial charge < -0.3 is 4.99 Å². The molecule has 0 rings (SSSR count). The standard InChI is InChI=1S/C3H8.C2H5N.2C2H6/c2*1-3-2;2*1-2/h3H2,1-2H3;1H2,2H3;2*1-2H3. The average molecular weight is 147 g/mol. The van der Waals surface area contributed by atoms with E-state index in [1.165, 1.54) is 6.42 Å². The van der Waals surface area contributed by atoms with Gasteiger partial charge in [-0.25, -0.2) is 0 Å². The number of nitrogens with zero attached hydrogens (tertiary/aromatic N) is 1. The summed E-state index contributed by atoms with van der Waals surface area (Å²) in [6, 6.07) is 0. The van der Waals surface area contributed by atoms with Crippen molar-refractivity contribution in [3.8, 4) is 0 Å². The van der Waals surface area contributed by atoms with E-state index in [1.807, 2.05) is 27.7 Å². The second-order valence-electron chi connectivity index (χ2n) is 1.02. The van der Waals surface area contributed by atoms with Gasteiger partial charge in [0.05, 0.1) is 0 Å². The highest BCUT2D eigenvalue weighted by atomic mass is 14.6. The Bertz CT molecular complexity index is 18.7. The quantitative estimate of drug-likeness (QED) is 0.462. The second-order valence-corrected chi connectivity index (χ2v) is 1.02. The van der Waals surface area contributed by atoms with Crippen molar-refractivity contribution in [2.45, 2.75) is 48.0 Å². The molecule has 0 amide bonds. The topological polar surface area (TPSA) is 12.4 Å². The summed E-state index contributed by atoms with van der Waals surface area (Å²) in [5, 5.41) is 0. The third-order valence-corrected chi connectivity index (χ3v) is 0. The van der Waals surface area contributed by atoms with E-state index in [4.69, 9.17) is 0 Å². The highest BCUT2D eigenvalue weighted by Gasteiger charge is 1.35. The molecule has 0 aromatic heterocycles. The number of hydrogen-bond acceptors (Lipinski definition) is 1. The Labute approximate surface area is 67.6 Å². The molecule has 0 aliphatic heterocycles. The Morgan fingerprint density at radius 3 is 1.00 bits per heavy atom. The van der Waals surface area contributed by atoms with Crippen LogP contribution >= 0.6 is 0 Å². The molecular weight excluding hydrogens is 122 g/mol. The summed E-state index contributed by atoms with van der Waals surface area (Å²) in [4.78, 5) is 3.25. The van der Waals surface area contributed by atoms with Crippen molar-refractivity contribution in [2.75, 3.05) is 7.05 Å². The predicted octanol–water partition coefficient (Wildman–Crippen LogP) is 3.79. The predicted molar refractivity (Wildman–Crippen MR) is 54.1 cm³/mol. The molecule has 0 fully saturated rings. The molecule has 0 bridgehead atoms. The molecule has 0 atom stereocenters. The average Bonchev–Trinajstić information content (AvgIpc) is 1.99. The van der Waals surface area contributed by atoms with Crippen LogP contribution in [0.1, 0.15) is 48.0 Å². The SMILES string of the molecule is C=NC.CC.CC.CCC. The van der Waals surface area contributed by atoms with Crippen LogP contribution in [0.3, 0.4) is 0 Å². The zero-order valence-corrected chi connectivity index (χ0v) is 8.86. The maximum absolute atomic E-state index is 3.25. The van der Waals surface area contributed by atoms with Gasteiger partial charge in [0.2, 0.25) is 0 Å². The van der Waals surface area contributed by atoms with Crippen LogP contribution in [0.4, 0.5) is 0 Å². The summed E-state index contributed by atoms with van der Waals surface area (Å²) in [5.41, 5.74) is 0. The Balaban J connectivity index is -0.0000000246. The number of hydrogen-bond donors (Lipinski definition) is 0. The molecule has 0 aliphatic carbocycles. The highest BCUT2D eigenvalue weighted by molar-refractivity contribution is 5.22. The van der Waals surface area contributed by atoms with E-state index < -0.39 is 0 Å². The minimum absolute atomic E-state index is 1.25. The van der Waals surface area contributed by atoms with E-state index in [1.54, 1.807) is 7.05 Å². The zero-order chi connectivity index (χ0) is 9.41. The minimum atomic E-state index is 1.25. The first-order chi connectivity index (χ1) is 4.83. The largest absolute Gasteiger partial charge is 0.304 e. The van der Waals surface area contributed by atoms with Gasteiger partial charge >= 0.3 is 0 Å². The molecule has 0 aliphatic rings. The van der Waals surface area contributed by atoms with Crippen LogP contribution in [0.5, 0.6) is 0 Å². The normalized spacial score (nSPS) is 4.30. The minimum Gasteiger partial charge on any atom is -0.304 e. The van der Waals surface area contributed by atoms with Crippen molar-refractivity contribution in [2.24, 2.45) is 4.99 Å². The lowest BCUT2D eigenvalue weighted by atomic mass is 10.6. The Morgan fingerprint density at radius 1 is 1.00 bits per heavy atom. The molecule has 0 N–H and O–H groups in total. The fraction of sp³-hybridized carbons (Fsp3) is 0.889. The maximum Gasteiger partial charge on any atom is 0.0269 e. The molecule has 0 spiro atoms. The van der Waals surface area contributed by atoms with Crippen molar-refractivity contribution in [3.63, 3.8) is 0 Å². The van der Waals surface area contributed by atoms with Gasteiger partial charge in [0.15, 0.2) is 0 Å². The molecule has 10 heavy (non-hydrogen) atoms. The summed E-state index contributed by atoms with van der Waals surface area (Å²) < 4.78 is 0. The van der Waals surface area contributed by atoms with Crippen molar-refractivity contribution < 1.29 is 0 Å². The first-order valence-electron chi connectivity index (χ1n) is 4.18. The molecule has 0 saturated heterocycles. The molecule has 0 unspecified atom stereocenters. The monoisotopic (exact) mass is 147 g/mol. The molecule has 0 heterocycles. The molecule has 66 valence electrons. The molecule has 1 heteroatoms. The zero-order valence-electron chi connectivity index (χ0n) is 8.86. The van der Waals surface area contributed by atoms with E-state index in [0.29, 0.717) is 0 Å². The summed E-state index contributed by atoms with van der Waals surface area (Å²) in [7, 11) is 1.64. The van der Waals surface area contributed by atoms with E-state index in [0.717, 1.165) is 0 Å². The first kappa shape index (κ1) is 22.6. The third-order valence-electron chi connectivity index (χ3n) is 0. The second kappa shape index (κ2) is 183. The molecule has 1 nitrogen and oxygen atoms in total. The first-order valence-corrected chi connectivity index (χ1v) is 4.18. The summed E-state index contributed by atoms with van der Waals surface area (Å²) >= 11 is 0. The lowest BCUT2D eigenvalue weighted by Gasteiger charge is -1.48. The van der Waals surface area contributed by atoms with Gasteiger partial charge in [0.1, 0.15) is 0 Å². The van der Waals surface area contributed by atoms with Gasteiger partial charge in [-0.05, 0) is 6.72 Å². The Kier molecular flexibility index (Phi) is 413. The van der Waals surface area contributed by atoms with Gasteiger partial charge in [-0.15, -0.1) is 0 Å². The van der Waals surface area contributed by atoms with Crippen LogP contribution in [0.15, 0.2) is 4.99 Å². The van der Waals surface area contributed by atoms with E-state index in [9.17, 15) is 0 Å². The van der Waals surface area contributed by atoms with E-state index in [-0.39, 0.29) is 0 Å². The molecule has 0 aromatic rings. The summed E-state index contributed by atoms with van der Waals surface area (Å²) in [6.45, 7) is 15.4. The van der Waals surface area contributed by atoms with Gasteiger partial charge in [0, 0.05) is 7.05 Å². The van der Waals surface area contributed by atoms with Crippen LogP contribution in [0.25, 0.3) is 0 Å². The van der Waals surface area contributed by atoms with Gasteiger partial charge in [0.25, 0.3) is 0 Å². The fourth-order valence-electron chi connectivity index (χ4n) is 0. The van der Waals surface area contributed by atoms with E-state index in [2.05, 4.69) is 25.6 Å². The molecule has 0 radical (unpaired) electrons. The summed E-state index contributed by atoms with van der Waals surface area (Å²) in [5.74, 6) is 0. The lowest BCUT2D eigenvalue weighted by molar-refractivity contribution is 1.09. The fourth-order valence-corrected chi connectivity index (χ4v) is 0. The van der Waals surface area contributed by atoms with Crippen LogP contribution in [-0.2, 0) is 0 Å².